The third-order valence-corrected chi connectivity index (χ3v) is 3.70. The molecular formula is C11H12INO3. The van der Waals surface area contributed by atoms with E-state index in [1.807, 2.05) is 18.2 Å². The summed E-state index contributed by atoms with van der Waals surface area (Å²) in [5, 5.41) is 10.1. The Hall–Kier alpha value is -0.820. The molecule has 2 atom stereocenters. The molecular weight excluding hydrogens is 321 g/mol. The number of hydrogen-bond donors (Lipinski definition) is 2. The van der Waals surface area contributed by atoms with Gasteiger partial charge in [0.05, 0.1) is 0 Å². The highest BCUT2D eigenvalue weighted by Crippen LogP contribution is 2.34. The number of halogens is 1. The van der Waals surface area contributed by atoms with Crippen molar-refractivity contribution in [2.24, 2.45) is 5.73 Å². The van der Waals surface area contributed by atoms with Crippen molar-refractivity contribution < 1.29 is 14.6 Å². The molecule has 1 amide bonds. The highest BCUT2D eigenvalue weighted by atomic mass is 127. The van der Waals surface area contributed by atoms with Crippen molar-refractivity contribution in [1.29, 1.82) is 0 Å². The predicted molar refractivity (Wildman–Crippen MR) is 66.9 cm³/mol. The molecule has 0 radical (unpaired) electrons. The van der Waals surface area contributed by atoms with E-state index < -0.39 is 18.3 Å². The number of primary amides is 1. The number of hydrogen-bond acceptors (Lipinski definition) is 3. The van der Waals surface area contributed by atoms with Crippen LogP contribution in [-0.4, -0.2) is 17.3 Å². The summed E-state index contributed by atoms with van der Waals surface area (Å²) < 4.78 is 5.89. The summed E-state index contributed by atoms with van der Waals surface area (Å²) >= 11 is 2.17. The molecule has 5 heteroatoms. The van der Waals surface area contributed by atoms with E-state index in [-0.39, 0.29) is 0 Å². The van der Waals surface area contributed by atoms with Crippen LogP contribution in [-0.2, 0) is 11.2 Å². The lowest BCUT2D eigenvalue weighted by Crippen LogP contribution is -2.32. The van der Waals surface area contributed by atoms with Crippen LogP contribution in [0.15, 0.2) is 18.2 Å². The van der Waals surface area contributed by atoms with E-state index in [0.29, 0.717) is 6.42 Å². The van der Waals surface area contributed by atoms with Gasteiger partial charge in [-0.25, -0.2) is 4.79 Å². The summed E-state index contributed by atoms with van der Waals surface area (Å²) in [4.78, 5) is 10.7. The molecule has 0 unspecified atom stereocenters. The lowest BCUT2D eigenvalue weighted by atomic mass is 9.87. The summed E-state index contributed by atoms with van der Waals surface area (Å²) in [6.45, 7) is 0. The number of aryl methyl sites for hydroxylation is 1. The number of ether oxygens (including phenoxy) is 1. The van der Waals surface area contributed by atoms with E-state index in [1.54, 1.807) is 0 Å². The number of nitrogens with two attached hydrogens (primary N) is 1. The van der Waals surface area contributed by atoms with Crippen LogP contribution in [0, 0.1) is 3.57 Å². The van der Waals surface area contributed by atoms with Gasteiger partial charge in [-0.3, -0.25) is 0 Å². The van der Waals surface area contributed by atoms with Gasteiger partial charge in [0, 0.05) is 9.13 Å². The Morgan fingerprint density at radius 1 is 1.56 bits per heavy atom. The Kier molecular flexibility index (Phi) is 3.34. The van der Waals surface area contributed by atoms with Crippen LogP contribution in [0.3, 0.4) is 0 Å². The normalized spacial score (nSPS) is 23.6. The fraction of sp³-hybridized carbons (Fsp3) is 0.364. The highest BCUT2D eigenvalue weighted by Gasteiger charge is 2.31. The maximum absolute atomic E-state index is 10.7. The molecule has 1 aromatic carbocycles. The van der Waals surface area contributed by atoms with E-state index in [9.17, 15) is 9.90 Å². The molecule has 16 heavy (non-hydrogen) atoms. The summed E-state index contributed by atoms with van der Waals surface area (Å²) in [5.74, 6) is 0. The van der Waals surface area contributed by atoms with E-state index in [1.165, 1.54) is 0 Å². The molecule has 0 saturated carbocycles. The number of aliphatic hydroxyl groups excluding tert-OH is 1. The average Bonchev–Trinajstić information content (AvgIpc) is 2.22. The molecule has 1 aromatic rings. The highest BCUT2D eigenvalue weighted by molar-refractivity contribution is 14.1. The fourth-order valence-electron chi connectivity index (χ4n) is 2.05. The number of aliphatic hydroxyl groups is 1. The van der Waals surface area contributed by atoms with E-state index >= 15 is 0 Å². The van der Waals surface area contributed by atoms with E-state index in [2.05, 4.69) is 22.6 Å². The van der Waals surface area contributed by atoms with Crippen molar-refractivity contribution in [3.8, 4) is 0 Å². The summed E-state index contributed by atoms with van der Waals surface area (Å²) in [7, 11) is 0. The first kappa shape index (κ1) is 11.7. The topological polar surface area (TPSA) is 72.6 Å². The van der Waals surface area contributed by atoms with Crippen molar-refractivity contribution in [2.75, 3.05) is 0 Å². The molecule has 4 nitrogen and oxygen atoms in total. The molecule has 1 aliphatic carbocycles. The van der Waals surface area contributed by atoms with Crippen molar-refractivity contribution in [3.05, 3.63) is 32.9 Å². The van der Waals surface area contributed by atoms with Crippen molar-refractivity contribution in [2.45, 2.75) is 25.0 Å². The zero-order valence-corrected chi connectivity index (χ0v) is 10.7. The molecule has 0 aromatic heterocycles. The first-order valence-corrected chi connectivity index (χ1v) is 6.09. The Morgan fingerprint density at radius 3 is 3.00 bits per heavy atom. The Labute approximate surface area is 107 Å². The van der Waals surface area contributed by atoms with Gasteiger partial charge in [0.1, 0.15) is 12.2 Å². The van der Waals surface area contributed by atoms with Gasteiger partial charge in [-0.05, 0) is 47.1 Å². The second-order valence-electron chi connectivity index (χ2n) is 3.77. The maximum Gasteiger partial charge on any atom is 0.404 e. The third-order valence-electron chi connectivity index (χ3n) is 2.76. The smallest absolute Gasteiger partial charge is 0.404 e. The Balaban J connectivity index is 2.30. The molecule has 2 rings (SSSR count). The lowest BCUT2D eigenvalue weighted by molar-refractivity contribution is -0.00565. The molecule has 1 aliphatic rings. The zero-order chi connectivity index (χ0) is 11.7. The minimum atomic E-state index is -0.835. The molecule has 0 spiro atoms. The molecule has 86 valence electrons. The minimum Gasteiger partial charge on any atom is -0.443 e. The first-order chi connectivity index (χ1) is 7.59. The maximum atomic E-state index is 10.7. The van der Waals surface area contributed by atoms with Crippen LogP contribution in [0.1, 0.15) is 23.7 Å². The number of rotatable bonds is 1. The van der Waals surface area contributed by atoms with Gasteiger partial charge in [0.15, 0.2) is 0 Å². The van der Waals surface area contributed by atoms with Crippen molar-refractivity contribution >= 4 is 28.7 Å². The molecule has 0 bridgehead atoms. The second kappa shape index (κ2) is 4.58. The molecule has 0 fully saturated rings. The van der Waals surface area contributed by atoms with Crippen LogP contribution < -0.4 is 5.73 Å². The average molecular weight is 333 g/mol. The van der Waals surface area contributed by atoms with Gasteiger partial charge in [-0.15, -0.1) is 0 Å². The summed E-state index contributed by atoms with van der Waals surface area (Å²) in [6, 6.07) is 5.87. The van der Waals surface area contributed by atoms with Crippen LogP contribution in [0.2, 0.25) is 0 Å². The quantitative estimate of drug-likeness (QED) is 0.769. The summed E-state index contributed by atoms with van der Waals surface area (Å²) in [5.41, 5.74) is 6.95. The number of fused-ring (bicyclic) bond motifs is 1. The van der Waals surface area contributed by atoms with Gasteiger partial charge in [0.2, 0.25) is 0 Å². The molecule has 0 saturated heterocycles. The van der Waals surface area contributed by atoms with Crippen LogP contribution in [0.4, 0.5) is 4.79 Å². The van der Waals surface area contributed by atoms with Gasteiger partial charge < -0.3 is 15.6 Å². The van der Waals surface area contributed by atoms with Crippen LogP contribution in [0.5, 0.6) is 0 Å². The lowest BCUT2D eigenvalue weighted by Gasteiger charge is -2.29. The zero-order valence-electron chi connectivity index (χ0n) is 8.52. The fourth-order valence-corrected chi connectivity index (χ4v) is 2.92. The van der Waals surface area contributed by atoms with Crippen molar-refractivity contribution in [3.63, 3.8) is 0 Å². The molecule has 3 N–H and O–H groups in total. The van der Waals surface area contributed by atoms with E-state index in [4.69, 9.17) is 10.5 Å². The van der Waals surface area contributed by atoms with Crippen LogP contribution in [0.25, 0.3) is 0 Å². The minimum absolute atomic E-state index is 0.527. The third kappa shape index (κ3) is 2.15. The molecule has 0 aliphatic heterocycles. The second-order valence-corrected chi connectivity index (χ2v) is 4.93. The number of amides is 1. The number of carbonyl (C=O) groups excluding carboxylic acids is 1. The van der Waals surface area contributed by atoms with Crippen LogP contribution >= 0.6 is 22.6 Å². The van der Waals surface area contributed by atoms with Crippen molar-refractivity contribution in [1.82, 2.24) is 0 Å². The van der Waals surface area contributed by atoms with E-state index in [0.717, 1.165) is 21.1 Å². The van der Waals surface area contributed by atoms with Gasteiger partial charge in [0.25, 0.3) is 0 Å². The number of benzene rings is 1. The summed E-state index contributed by atoms with van der Waals surface area (Å²) in [6.07, 6.45) is -0.734. The molecule has 0 heterocycles. The SMILES string of the molecule is NC(=O)O[C@@H]1CCc2cccc(I)c2[C@@H]1O. The Bertz CT molecular complexity index is 422. The van der Waals surface area contributed by atoms with Gasteiger partial charge in [-0.1, -0.05) is 12.1 Å². The first-order valence-electron chi connectivity index (χ1n) is 5.01. The standard InChI is InChI=1S/C11H12INO3/c12-7-3-1-2-6-4-5-8(16-11(13)15)10(14)9(6)7/h1-3,8,10,14H,4-5H2,(H2,13,15)/t8-,10-/m1/s1. The van der Waals surface area contributed by atoms with Gasteiger partial charge in [-0.2, -0.15) is 0 Å². The number of carbonyl (C=O) groups is 1. The Morgan fingerprint density at radius 2 is 2.31 bits per heavy atom. The van der Waals surface area contributed by atoms with Gasteiger partial charge >= 0.3 is 6.09 Å². The monoisotopic (exact) mass is 333 g/mol. The largest absolute Gasteiger partial charge is 0.443 e. The predicted octanol–water partition coefficient (Wildman–Crippen LogP) is 1.73.